The molecule has 0 atom stereocenters. The molecular formula is C11H9N5O3S. The van der Waals surface area contributed by atoms with E-state index >= 15 is 0 Å². The third-order valence-electron chi connectivity index (χ3n) is 2.63. The van der Waals surface area contributed by atoms with Gasteiger partial charge in [0, 0.05) is 6.54 Å². The summed E-state index contributed by atoms with van der Waals surface area (Å²) in [5.74, 6) is 0.447. The van der Waals surface area contributed by atoms with Crippen molar-refractivity contribution in [1.29, 1.82) is 0 Å². The van der Waals surface area contributed by atoms with Gasteiger partial charge in [0.1, 0.15) is 6.20 Å². The van der Waals surface area contributed by atoms with Gasteiger partial charge in [0.05, 0.1) is 9.80 Å². The second kappa shape index (κ2) is 4.85. The van der Waals surface area contributed by atoms with Crippen molar-refractivity contribution in [3.63, 3.8) is 0 Å². The Morgan fingerprint density at radius 3 is 3.05 bits per heavy atom. The molecule has 3 aromatic rings. The highest BCUT2D eigenvalue weighted by molar-refractivity contribution is 7.13. The maximum Gasteiger partial charge on any atom is 0.320 e. The van der Waals surface area contributed by atoms with Crippen LogP contribution in [0.1, 0.15) is 6.92 Å². The number of nitrogens with zero attached hydrogens (tertiary/aromatic N) is 5. The molecule has 0 unspecified atom stereocenters. The van der Waals surface area contributed by atoms with E-state index in [4.69, 9.17) is 4.52 Å². The quantitative estimate of drug-likeness (QED) is 0.541. The Bertz CT molecular complexity index is 746. The number of aromatic nitrogens is 4. The van der Waals surface area contributed by atoms with Crippen molar-refractivity contribution in [2.75, 3.05) is 0 Å². The Balaban J connectivity index is 2.05. The second-order valence-electron chi connectivity index (χ2n) is 3.88. The molecule has 9 heteroatoms. The Labute approximate surface area is 116 Å². The SMILES string of the molecule is CCn1cc([N+](=O)[O-])c(-c2nc(-c3cccs3)no2)n1. The summed E-state index contributed by atoms with van der Waals surface area (Å²) in [6, 6.07) is 3.71. The van der Waals surface area contributed by atoms with Crippen molar-refractivity contribution in [3.8, 4) is 22.3 Å². The lowest BCUT2D eigenvalue weighted by molar-refractivity contribution is -0.384. The second-order valence-corrected chi connectivity index (χ2v) is 4.82. The maximum absolute atomic E-state index is 11.0. The fourth-order valence-corrected chi connectivity index (χ4v) is 2.33. The average Bonchev–Trinajstić information content (AvgIpc) is 3.17. The first kappa shape index (κ1) is 12.5. The number of rotatable bonds is 4. The van der Waals surface area contributed by atoms with E-state index in [9.17, 15) is 10.1 Å². The van der Waals surface area contributed by atoms with Crippen LogP contribution in [0.2, 0.25) is 0 Å². The third-order valence-corrected chi connectivity index (χ3v) is 3.50. The summed E-state index contributed by atoms with van der Waals surface area (Å²) in [5.41, 5.74) is -0.0552. The fourth-order valence-electron chi connectivity index (χ4n) is 1.68. The topological polar surface area (TPSA) is 99.9 Å². The summed E-state index contributed by atoms with van der Waals surface area (Å²) in [6.07, 6.45) is 1.35. The monoisotopic (exact) mass is 291 g/mol. The van der Waals surface area contributed by atoms with E-state index < -0.39 is 4.92 Å². The Morgan fingerprint density at radius 1 is 1.55 bits per heavy atom. The van der Waals surface area contributed by atoms with Gasteiger partial charge in [0.2, 0.25) is 11.5 Å². The molecule has 0 aliphatic heterocycles. The molecule has 0 radical (unpaired) electrons. The van der Waals surface area contributed by atoms with Gasteiger partial charge in [-0.25, -0.2) is 0 Å². The van der Waals surface area contributed by atoms with E-state index in [1.54, 1.807) is 0 Å². The van der Waals surface area contributed by atoms with E-state index in [-0.39, 0.29) is 17.3 Å². The zero-order valence-electron chi connectivity index (χ0n) is 10.4. The molecule has 0 aromatic carbocycles. The number of aryl methyl sites for hydroxylation is 1. The van der Waals surface area contributed by atoms with Crippen LogP contribution in [0, 0.1) is 10.1 Å². The summed E-state index contributed by atoms with van der Waals surface area (Å²) >= 11 is 1.46. The lowest BCUT2D eigenvalue weighted by Gasteiger charge is -1.89. The van der Waals surface area contributed by atoms with E-state index in [1.807, 2.05) is 24.4 Å². The van der Waals surface area contributed by atoms with Crippen LogP contribution < -0.4 is 0 Å². The average molecular weight is 291 g/mol. The van der Waals surface area contributed by atoms with Gasteiger partial charge in [-0.15, -0.1) is 11.3 Å². The zero-order valence-corrected chi connectivity index (χ0v) is 11.2. The molecule has 0 spiro atoms. The predicted octanol–water partition coefficient (Wildman–Crippen LogP) is 2.59. The van der Waals surface area contributed by atoms with Crippen molar-refractivity contribution in [3.05, 3.63) is 33.8 Å². The van der Waals surface area contributed by atoms with Gasteiger partial charge in [-0.1, -0.05) is 11.2 Å². The summed E-state index contributed by atoms with van der Waals surface area (Å²) in [4.78, 5) is 15.5. The lowest BCUT2D eigenvalue weighted by Crippen LogP contribution is -1.93. The molecule has 0 fully saturated rings. The van der Waals surface area contributed by atoms with Crippen molar-refractivity contribution in [2.45, 2.75) is 13.5 Å². The number of thiophene rings is 1. The molecule has 102 valence electrons. The normalized spacial score (nSPS) is 10.8. The van der Waals surface area contributed by atoms with Crippen molar-refractivity contribution in [1.82, 2.24) is 19.9 Å². The van der Waals surface area contributed by atoms with Crippen LogP contribution in [0.4, 0.5) is 5.69 Å². The molecule has 0 bridgehead atoms. The molecule has 0 N–H and O–H groups in total. The third kappa shape index (κ3) is 2.07. The first-order chi connectivity index (χ1) is 9.69. The standard InChI is InChI=1S/C11H9N5O3S/c1-2-15-6-7(16(17)18)9(13-15)11-12-10(14-19-11)8-4-3-5-20-8/h3-6H,2H2,1H3. The van der Waals surface area contributed by atoms with Crippen LogP contribution in [-0.4, -0.2) is 24.8 Å². The minimum Gasteiger partial charge on any atom is -0.331 e. The molecule has 3 heterocycles. The summed E-state index contributed by atoms with van der Waals surface area (Å²) in [6.45, 7) is 2.36. The molecule has 3 rings (SSSR count). The first-order valence-electron chi connectivity index (χ1n) is 5.79. The van der Waals surface area contributed by atoms with Crippen LogP contribution in [0.25, 0.3) is 22.3 Å². The maximum atomic E-state index is 11.0. The van der Waals surface area contributed by atoms with E-state index in [0.29, 0.717) is 12.4 Å². The first-order valence-corrected chi connectivity index (χ1v) is 6.66. The highest BCUT2D eigenvalue weighted by Crippen LogP contribution is 2.29. The van der Waals surface area contributed by atoms with Gasteiger partial charge in [0.25, 0.3) is 5.89 Å². The highest BCUT2D eigenvalue weighted by atomic mass is 32.1. The molecule has 8 nitrogen and oxygen atoms in total. The molecule has 3 aromatic heterocycles. The largest absolute Gasteiger partial charge is 0.331 e. The summed E-state index contributed by atoms with van der Waals surface area (Å²) in [5, 5.41) is 20.8. The van der Waals surface area contributed by atoms with Crippen molar-refractivity contribution in [2.24, 2.45) is 0 Å². The van der Waals surface area contributed by atoms with Crippen LogP contribution in [0.15, 0.2) is 28.2 Å². The van der Waals surface area contributed by atoms with Crippen LogP contribution in [0.3, 0.4) is 0 Å². The molecule has 0 aliphatic rings. The number of nitro groups is 1. The number of hydrogen-bond acceptors (Lipinski definition) is 7. The van der Waals surface area contributed by atoms with E-state index in [2.05, 4.69) is 15.2 Å². The fraction of sp³-hybridized carbons (Fsp3) is 0.182. The predicted molar refractivity (Wildman–Crippen MR) is 71.2 cm³/mol. The van der Waals surface area contributed by atoms with Gasteiger partial charge in [-0.05, 0) is 18.4 Å². The van der Waals surface area contributed by atoms with Gasteiger partial charge < -0.3 is 4.52 Å². The van der Waals surface area contributed by atoms with Crippen molar-refractivity contribution < 1.29 is 9.45 Å². The Hall–Kier alpha value is -2.55. The molecule has 0 saturated heterocycles. The Kier molecular flexibility index (Phi) is 3.03. The summed E-state index contributed by atoms with van der Waals surface area (Å²) in [7, 11) is 0. The Morgan fingerprint density at radius 2 is 2.40 bits per heavy atom. The van der Waals surface area contributed by atoms with Gasteiger partial charge in [0.15, 0.2) is 0 Å². The summed E-state index contributed by atoms with van der Waals surface area (Å²) < 4.78 is 6.55. The van der Waals surface area contributed by atoms with E-state index in [0.717, 1.165) is 4.88 Å². The molecular weight excluding hydrogens is 282 g/mol. The van der Waals surface area contributed by atoms with Gasteiger partial charge in [-0.2, -0.15) is 10.1 Å². The minimum atomic E-state index is -0.510. The smallest absolute Gasteiger partial charge is 0.320 e. The van der Waals surface area contributed by atoms with E-state index in [1.165, 1.54) is 22.2 Å². The highest BCUT2D eigenvalue weighted by Gasteiger charge is 2.25. The van der Waals surface area contributed by atoms with Crippen LogP contribution in [0.5, 0.6) is 0 Å². The molecule has 0 aliphatic carbocycles. The van der Waals surface area contributed by atoms with Crippen LogP contribution in [-0.2, 0) is 6.54 Å². The van der Waals surface area contributed by atoms with Gasteiger partial charge in [-0.3, -0.25) is 14.8 Å². The van der Waals surface area contributed by atoms with Crippen LogP contribution >= 0.6 is 11.3 Å². The minimum absolute atomic E-state index is 0.0484. The number of hydrogen-bond donors (Lipinski definition) is 0. The van der Waals surface area contributed by atoms with Crippen molar-refractivity contribution >= 4 is 17.0 Å². The zero-order chi connectivity index (χ0) is 14.1. The van der Waals surface area contributed by atoms with Gasteiger partial charge >= 0.3 is 5.69 Å². The molecule has 20 heavy (non-hydrogen) atoms. The lowest BCUT2D eigenvalue weighted by atomic mass is 10.4. The molecule has 0 amide bonds. The molecule has 0 saturated carbocycles.